The second-order valence-corrected chi connectivity index (χ2v) is 7.85. The first-order chi connectivity index (χ1) is 13.1. The van der Waals surface area contributed by atoms with Crippen molar-refractivity contribution < 1.29 is 9.53 Å². The van der Waals surface area contributed by atoms with Crippen LogP contribution in [0.25, 0.3) is 5.65 Å². The van der Waals surface area contributed by atoms with E-state index in [2.05, 4.69) is 43.5 Å². The zero-order valence-corrected chi connectivity index (χ0v) is 16.7. The van der Waals surface area contributed by atoms with Crippen molar-refractivity contribution in [2.45, 2.75) is 25.2 Å². The lowest BCUT2D eigenvalue weighted by molar-refractivity contribution is 0.0487. The van der Waals surface area contributed by atoms with Gasteiger partial charge in [0.1, 0.15) is 5.56 Å². The summed E-state index contributed by atoms with van der Waals surface area (Å²) in [4.78, 5) is 17.3. The Balaban J connectivity index is 1.61. The molecule has 1 aromatic carbocycles. The number of amides is 1. The minimum absolute atomic E-state index is 0.137. The van der Waals surface area contributed by atoms with Crippen LogP contribution in [0.2, 0.25) is 0 Å². The lowest BCUT2D eigenvalue weighted by Gasteiger charge is -2.38. The number of benzene rings is 1. The van der Waals surface area contributed by atoms with Gasteiger partial charge in [-0.3, -0.25) is 4.79 Å². The van der Waals surface area contributed by atoms with Gasteiger partial charge in [0.25, 0.3) is 5.91 Å². The molecule has 4 rings (SSSR count). The summed E-state index contributed by atoms with van der Waals surface area (Å²) in [5.74, 6) is -0.137. The van der Waals surface area contributed by atoms with E-state index >= 15 is 0 Å². The van der Waals surface area contributed by atoms with E-state index in [1.807, 2.05) is 19.1 Å². The molecule has 6 nitrogen and oxygen atoms in total. The van der Waals surface area contributed by atoms with Gasteiger partial charge < -0.3 is 10.1 Å². The maximum absolute atomic E-state index is 13.0. The fraction of sp³-hybridized carbons (Fsp3) is 0.350. The maximum Gasteiger partial charge on any atom is 0.257 e. The van der Waals surface area contributed by atoms with Gasteiger partial charge in [0.05, 0.1) is 5.69 Å². The Morgan fingerprint density at radius 3 is 2.93 bits per heavy atom. The number of nitrogens with zero attached hydrogens (tertiary/aromatic N) is 3. The van der Waals surface area contributed by atoms with Crippen LogP contribution in [0.3, 0.4) is 0 Å². The van der Waals surface area contributed by atoms with E-state index in [-0.39, 0.29) is 11.3 Å². The number of aromatic nitrogens is 3. The van der Waals surface area contributed by atoms with E-state index in [0.29, 0.717) is 36.7 Å². The smallest absolute Gasteiger partial charge is 0.257 e. The molecule has 0 spiro atoms. The number of rotatable bonds is 4. The normalized spacial score (nSPS) is 16.4. The maximum atomic E-state index is 13.0. The number of ether oxygens (including phenoxy) is 1. The topological polar surface area (TPSA) is 68.5 Å². The number of nitrogens with one attached hydrogen (secondary N) is 1. The molecule has 1 N–H and O–H groups in total. The second kappa shape index (κ2) is 7.40. The Kier molecular flexibility index (Phi) is 4.97. The van der Waals surface area contributed by atoms with Gasteiger partial charge in [0, 0.05) is 42.0 Å². The van der Waals surface area contributed by atoms with Gasteiger partial charge in [-0.25, -0.2) is 9.50 Å². The Labute approximate surface area is 166 Å². The Hall–Kier alpha value is -2.25. The highest BCUT2D eigenvalue weighted by Gasteiger charge is 2.35. The number of fused-ring (bicyclic) bond motifs is 1. The van der Waals surface area contributed by atoms with E-state index in [1.165, 1.54) is 5.56 Å². The van der Waals surface area contributed by atoms with Crippen LogP contribution in [-0.2, 0) is 10.2 Å². The van der Waals surface area contributed by atoms with E-state index in [9.17, 15) is 4.79 Å². The minimum atomic E-state index is -0.137. The standard InChI is InChI=1S/C20H21BrN4O2/c1-14-17(18-22-8-3-9-25(18)24-14)19(26)23-13-20(6-10-27-11-7-20)15-4-2-5-16(21)12-15/h2-5,8-9,12H,6-7,10-11,13H2,1H3,(H,23,26). The van der Waals surface area contributed by atoms with Gasteiger partial charge in [-0.1, -0.05) is 28.1 Å². The SMILES string of the molecule is Cc1nn2cccnc2c1C(=O)NCC1(c2cccc(Br)c2)CCOCC1. The number of halogens is 1. The van der Waals surface area contributed by atoms with Crippen LogP contribution in [0.4, 0.5) is 0 Å². The molecule has 2 aromatic heterocycles. The summed E-state index contributed by atoms with van der Waals surface area (Å²) in [7, 11) is 0. The van der Waals surface area contributed by atoms with Crippen molar-refractivity contribution in [3.05, 3.63) is 64.0 Å². The summed E-state index contributed by atoms with van der Waals surface area (Å²) < 4.78 is 8.27. The van der Waals surface area contributed by atoms with E-state index in [0.717, 1.165) is 17.3 Å². The molecule has 1 amide bonds. The number of hydrogen-bond acceptors (Lipinski definition) is 4. The zero-order chi connectivity index (χ0) is 18.9. The summed E-state index contributed by atoms with van der Waals surface area (Å²) in [6.07, 6.45) is 5.22. The molecular weight excluding hydrogens is 408 g/mol. The third-order valence-electron chi connectivity index (χ3n) is 5.27. The molecule has 0 saturated carbocycles. The fourth-order valence-corrected chi connectivity index (χ4v) is 4.15. The van der Waals surface area contributed by atoms with Crippen LogP contribution in [0.1, 0.15) is 34.5 Å². The Morgan fingerprint density at radius 1 is 1.33 bits per heavy atom. The molecule has 1 saturated heterocycles. The molecule has 27 heavy (non-hydrogen) atoms. The van der Waals surface area contributed by atoms with E-state index in [4.69, 9.17) is 4.74 Å². The molecule has 0 radical (unpaired) electrons. The summed E-state index contributed by atoms with van der Waals surface area (Å²) in [5.41, 5.74) is 2.87. The average molecular weight is 429 g/mol. The van der Waals surface area contributed by atoms with Crippen molar-refractivity contribution in [1.82, 2.24) is 19.9 Å². The minimum Gasteiger partial charge on any atom is -0.381 e. The summed E-state index contributed by atoms with van der Waals surface area (Å²) >= 11 is 3.56. The number of carbonyl (C=O) groups is 1. The molecule has 7 heteroatoms. The van der Waals surface area contributed by atoms with Crippen molar-refractivity contribution in [1.29, 1.82) is 0 Å². The zero-order valence-electron chi connectivity index (χ0n) is 15.1. The Bertz CT molecular complexity index is 979. The predicted molar refractivity (Wildman–Crippen MR) is 106 cm³/mol. The molecule has 3 aromatic rings. The molecule has 0 aliphatic carbocycles. The van der Waals surface area contributed by atoms with Crippen molar-refractivity contribution in [2.24, 2.45) is 0 Å². The number of hydrogen-bond donors (Lipinski definition) is 1. The van der Waals surface area contributed by atoms with Crippen LogP contribution >= 0.6 is 15.9 Å². The highest BCUT2D eigenvalue weighted by Crippen LogP contribution is 2.35. The predicted octanol–water partition coefficient (Wildman–Crippen LogP) is 3.28. The van der Waals surface area contributed by atoms with Crippen molar-refractivity contribution in [3.63, 3.8) is 0 Å². The van der Waals surface area contributed by atoms with Crippen LogP contribution in [-0.4, -0.2) is 40.3 Å². The van der Waals surface area contributed by atoms with Gasteiger partial charge in [0.2, 0.25) is 0 Å². The lowest BCUT2D eigenvalue weighted by atomic mass is 9.74. The van der Waals surface area contributed by atoms with Crippen LogP contribution in [0.15, 0.2) is 47.2 Å². The third-order valence-corrected chi connectivity index (χ3v) is 5.76. The summed E-state index contributed by atoms with van der Waals surface area (Å²) in [5, 5.41) is 7.53. The van der Waals surface area contributed by atoms with Crippen LogP contribution in [0.5, 0.6) is 0 Å². The number of aryl methyl sites for hydroxylation is 1. The molecule has 1 aliphatic rings. The molecule has 1 fully saturated rings. The van der Waals surface area contributed by atoms with Gasteiger partial charge in [-0.15, -0.1) is 0 Å². The van der Waals surface area contributed by atoms with Crippen molar-refractivity contribution >= 4 is 27.5 Å². The highest BCUT2D eigenvalue weighted by molar-refractivity contribution is 9.10. The molecular formula is C20H21BrN4O2. The van der Waals surface area contributed by atoms with Crippen LogP contribution < -0.4 is 5.32 Å². The van der Waals surface area contributed by atoms with Gasteiger partial charge in [-0.05, 0) is 43.5 Å². The second-order valence-electron chi connectivity index (χ2n) is 6.93. The van der Waals surface area contributed by atoms with Crippen molar-refractivity contribution in [3.8, 4) is 0 Å². The average Bonchev–Trinajstić information content (AvgIpc) is 3.02. The molecule has 0 unspecified atom stereocenters. The van der Waals surface area contributed by atoms with Gasteiger partial charge >= 0.3 is 0 Å². The molecule has 140 valence electrons. The van der Waals surface area contributed by atoms with Crippen molar-refractivity contribution in [2.75, 3.05) is 19.8 Å². The molecule has 0 bridgehead atoms. The molecule has 3 heterocycles. The first-order valence-electron chi connectivity index (χ1n) is 9.01. The first-order valence-corrected chi connectivity index (χ1v) is 9.80. The fourth-order valence-electron chi connectivity index (χ4n) is 3.75. The molecule has 1 aliphatic heterocycles. The third kappa shape index (κ3) is 3.49. The van der Waals surface area contributed by atoms with E-state index < -0.39 is 0 Å². The Morgan fingerprint density at radius 2 is 2.15 bits per heavy atom. The quantitative estimate of drug-likeness (QED) is 0.691. The lowest BCUT2D eigenvalue weighted by Crippen LogP contribution is -2.44. The number of carbonyl (C=O) groups excluding carboxylic acids is 1. The van der Waals surface area contributed by atoms with Gasteiger partial charge in [-0.2, -0.15) is 5.10 Å². The highest BCUT2D eigenvalue weighted by atomic mass is 79.9. The van der Waals surface area contributed by atoms with Gasteiger partial charge in [0.15, 0.2) is 5.65 Å². The van der Waals surface area contributed by atoms with Crippen LogP contribution in [0, 0.1) is 6.92 Å². The summed E-state index contributed by atoms with van der Waals surface area (Å²) in [6, 6.07) is 10.1. The summed E-state index contributed by atoms with van der Waals surface area (Å²) in [6.45, 7) is 3.77. The largest absolute Gasteiger partial charge is 0.381 e. The van der Waals surface area contributed by atoms with E-state index in [1.54, 1.807) is 23.0 Å². The monoisotopic (exact) mass is 428 g/mol. The first kappa shape index (κ1) is 18.1. The molecule has 0 atom stereocenters.